The van der Waals surface area contributed by atoms with E-state index >= 15 is 0 Å². The van der Waals surface area contributed by atoms with Crippen LogP contribution in [-0.4, -0.2) is 112 Å². The summed E-state index contributed by atoms with van der Waals surface area (Å²) in [6, 6.07) is 8.55. The Morgan fingerprint density at radius 1 is 0.714 bits per heavy atom. The first-order valence-corrected chi connectivity index (χ1v) is 20.7. The smallest absolute Gasteiger partial charge is 0.243 e. The molecule has 5 rings (SSSR count). The lowest BCUT2D eigenvalue weighted by Gasteiger charge is -2.27. The lowest BCUT2D eigenvalue weighted by molar-refractivity contribution is -0.135. The van der Waals surface area contributed by atoms with Crippen molar-refractivity contribution in [2.24, 2.45) is 27.9 Å². The van der Waals surface area contributed by atoms with Crippen LogP contribution >= 0.6 is 0 Å². The number of carbonyl (C=O) groups excluding carboxylic acids is 7. The van der Waals surface area contributed by atoms with Gasteiger partial charge < -0.3 is 64.8 Å². The molecule has 0 saturated carbocycles. The first-order valence-electron chi connectivity index (χ1n) is 20.7. The van der Waals surface area contributed by atoms with E-state index in [0.717, 1.165) is 10.9 Å². The molecule has 2 aromatic heterocycles. The summed E-state index contributed by atoms with van der Waals surface area (Å²) in [5, 5.41) is 17.1. The number of hydrogen-bond acceptors (Lipinski definition) is 10. The monoisotopic (exact) mass is 868 g/mol. The van der Waals surface area contributed by atoms with E-state index in [2.05, 4.69) is 51.8 Å². The Balaban J connectivity index is 1.51. The van der Waals surface area contributed by atoms with E-state index in [1.807, 2.05) is 24.3 Å². The second-order valence-electron chi connectivity index (χ2n) is 15.3. The molecule has 1 aliphatic rings. The van der Waals surface area contributed by atoms with Gasteiger partial charge in [0.15, 0.2) is 5.96 Å². The van der Waals surface area contributed by atoms with Crippen LogP contribution in [0.4, 0.5) is 0 Å². The van der Waals surface area contributed by atoms with Crippen molar-refractivity contribution in [1.29, 1.82) is 0 Å². The van der Waals surface area contributed by atoms with Gasteiger partial charge >= 0.3 is 0 Å². The van der Waals surface area contributed by atoms with Gasteiger partial charge in [0.05, 0.1) is 18.8 Å². The molecule has 1 saturated heterocycles. The number of nitrogens with two attached hydrogens (primary N) is 4. The minimum Gasteiger partial charge on any atom is -0.370 e. The molecule has 1 unspecified atom stereocenters. The fourth-order valence-electron chi connectivity index (χ4n) is 7.11. The molecule has 6 atom stereocenters. The number of guanidine groups is 1. The van der Waals surface area contributed by atoms with Gasteiger partial charge in [-0.3, -0.25) is 38.6 Å². The quantitative estimate of drug-likeness (QED) is 0.0440. The van der Waals surface area contributed by atoms with Crippen molar-refractivity contribution in [1.82, 2.24) is 46.9 Å². The van der Waals surface area contributed by atoms with Crippen LogP contribution in [0.2, 0.25) is 0 Å². The van der Waals surface area contributed by atoms with E-state index in [-0.39, 0.29) is 57.6 Å². The molecule has 0 spiro atoms. The number of imidazole rings is 1. The van der Waals surface area contributed by atoms with Gasteiger partial charge in [0.2, 0.25) is 41.4 Å². The Hall–Kier alpha value is -7.29. The maximum Gasteiger partial charge on any atom is 0.243 e. The van der Waals surface area contributed by atoms with Gasteiger partial charge in [-0.05, 0) is 49.3 Å². The van der Waals surface area contributed by atoms with Crippen molar-refractivity contribution in [3.05, 3.63) is 90.1 Å². The molecule has 21 nitrogen and oxygen atoms in total. The molecule has 1 fully saturated rings. The lowest BCUT2D eigenvalue weighted by Crippen LogP contribution is -2.60. The van der Waals surface area contributed by atoms with Crippen molar-refractivity contribution in [2.45, 2.75) is 94.0 Å². The first kappa shape index (κ1) is 46.8. The summed E-state index contributed by atoms with van der Waals surface area (Å²) in [6.07, 6.45) is 5.07. The topological polar surface area (TPSA) is 353 Å². The van der Waals surface area contributed by atoms with Crippen molar-refractivity contribution in [2.75, 3.05) is 13.1 Å². The number of amides is 7. The predicted octanol–water partition coefficient (Wildman–Crippen LogP) is -2.10. The number of H-pyrrole nitrogens is 2. The number of fused-ring (bicyclic) bond motifs is 1. The molecule has 21 heteroatoms. The summed E-state index contributed by atoms with van der Waals surface area (Å²) in [5.41, 5.74) is 25.6. The number of carbonyl (C=O) groups is 7. The molecule has 4 aromatic rings. The van der Waals surface area contributed by atoms with Crippen LogP contribution in [0.1, 0.15) is 55.3 Å². The van der Waals surface area contributed by atoms with Crippen molar-refractivity contribution < 1.29 is 33.6 Å². The Morgan fingerprint density at radius 2 is 1.35 bits per heavy atom. The highest BCUT2D eigenvalue weighted by Crippen LogP contribution is 2.20. The number of hydrogen-bond donors (Lipinski definition) is 12. The van der Waals surface area contributed by atoms with E-state index in [1.54, 1.807) is 36.5 Å². The second-order valence-corrected chi connectivity index (χ2v) is 15.3. The van der Waals surface area contributed by atoms with Crippen LogP contribution in [0.3, 0.4) is 0 Å². The van der Waals surface area contributed by atoms with Crippen LogP contribution in [0.5, 0.6) is 0 Å². The molecule has 0 aliphatic carbocycles. The van der Waals surface area contributed by atoms with Crippen molar-refractivity contribution in [3.63, 3.8) is 0 Å². The van der Waals surface area contributed by atoms with Crippen LogP contribution in [0.25, 0.3) is 10.9 Å². The maximum atomic E-state index is 14.4. The van der Waals surface area contributed by atoms with E-state index in [1.165, 1.54) is 12.5 Å². The lowest BCUT2D eigenvalue weighted by atomic mass is 10.0. The zero-order valence-electron chi connectivity index (χ0n) is 34.7. The molecule has 16 N–H and O–H groups in total. The number of aliphatic imine (C=N–C) groups is 1. The predicted molar refractivity (Wildman–Crippen MR) is 233 cm³/mol. The molecule has 0 bridgehead atoms. The summed E-state index contributed by atoms with van der Waals surface area (Å²) in [7, 11) is 0. The van der Waals surface area contributed by atoms with Crippen molar-refractivity contribution >= 4 is 58.2 Å². The largest absolute Gasteiger partial charge is 0.370 e. The fraction of sp³-hybridized carbons (Fsp3) is 0.405. The highest BCUT2D eigenvalue weighted by atomic mass is 16.2. The van der Waals surface area contributed by atoms with E-state index in [9.17, 15) is 33.6 Å². The second kappa shape index (κ2) is 23.1. The molecular weight excluding hydrogens is 813 g/mol. The van der Waals surface area contributed by atoms with Gasteiger partial charge in [0, 0.05) is 61.3 Å². The standard InChI is InChI=1S/C42H56N14O7/c43-28-20-35(57)48-15-7-6-13-30(36(44)58)52-40(62)33(18-25-21-50-29-12-5-4-11-27(25)29)56-38(60)31(14-8-16-49-42(45)46)53-39(61)32(17-24-9-2-1-3-10-24)55-41(63)34(54-37(28)59)19-26-22-47-23-51-26/h1-5,9-12,21-23,28,30-34,50H,6-8,13-20,43H2,(H2,44,58)(H,47,51)(H,48,57)(H,52,62)(H,53,61)(H,54,59)(H,55,63)(H,56,60)(H4,45,46,49)/t28-,30-,31-,32+,33-,34?/m0/s1. The number of aromatic amines is 2. The molecule has 7 amide bonds. The van der Waals surface area contributed by atoms with Gasteiger partial charge in [-0.15, -0.1) is 0 Å². The van der Waals surface area contributed by atoms with E-state index < -0.39 is 84.0 Å². The Kier molecular flexibility index (Phi) is 17.1. The molecule has 2 aromatic carbocycles. The number of benzene rings is 2. The van der Waals surface area contributed by atoms with Gasteiger partial charge in [0.1, 0.15) is 30.2 Å². The number of nitrogens with one attached hydrogen (secondary N) is 8. The summed E-state index contributed by atoms with van der Waals surface area (Å²) >= 11 is 0. The van der Waals surface area contributed by atoms with Crippen LogP contribution in [-0.2, 0) is 52.8 Å². The third-order valence-electron chi connectivity index (χ3n) is 10.5. The minimum atomic E-state index is -1.35. The normalized spacial score (nSPS) is 22.7. The minimum absolute atomic E-state index is 0.00512. The SMILES string of the molecule is NC(=O)[C@@H]1CCCCNC(=O)C[C@H](N)C(=O)NC(Cc2cnc[nH]2)C(=O)N[C@H](Cc2ccccc2)C(=O)N[C@@H](CCCN=C(N)N)C(=O)N[C@@H](Cc2c[nH]c3ccccc23)C(=O)N1. The van der Waals surface area contributed by atoms with Gasteiger partial charge in [-0.1, -0.05) is 48.5 Å². The van der Waals surface area contributed by atoms with E-state index in [4.69, 9.17) is 22.9 Å². The molecule has 3 heterocycles. The molecule has 63 heavy (non-hydrogen) atoms. The van der Waals surface area contributed by atoms with Crippen molar-refractivity contribution in [3.8, 4) is 0 Å². The fourth-order valence-corrected chi connectivity index (χ4v) is 7.11. The average Bonchev–Trinajstić information content (AvgIpc) is 3.93. The number of nitrogens with zero attached hydrogens (tertiary/aromatic N) is 2. The van der Waals surface area contributed by atoms with Crippen LogP contribution in [0.15, 0.2) is 78.3 Å². The van der Waals surface area contributed by atoms with Crippen LogP contribution in [0, 0.1) is 0 Å². The Bertz CT molecular complexity index is 2220. The van der Waals surface area contributed by atoms with Gasteiger partial charge in [-0.2, -0.15) is 0 Å². The number of aromatic nitrogens is 3. The van der Waals surface area contributed by atoms with Gasteiger partial charge in [0.25, 0.3) is 0 Å². The van der Waals surface area contributed by atoms with E-state index in [0.29, 0.717) is 29.7 Å². The maximum absolute atomic E-state index is 14.4. The number of primary amides is 1. The third-order valence-corrected chi connectivity index (χ3v) is 10.5. The summed E-state index contributed by atoms with van der Waals surface area (Å²) in [4.78, 5) is 110. The number of para-hydroxylation sites is 1. The Labute approximate surface area is 363 Å². The molecule has 0 radical (unpaired) electrons. The average molecular weight is 869 g/mol. The highest BCUT2D eigenvalue weighted by molar-refractivity contribution is 5.97. The third kappa shape index (κ3) is 14.4. The van der Waals surface area contributed by atoms with Crippen LogP contribution < -0.4 is 54.8 Å². The zero-order valence-corrected chi connectivity index (χ0v) is 34.7. The summed E-state index contributed by atoms with van der Waals surface area (Å²) in [5.74, 6) is -5.31. The summed E-state index contributed by atoms with van der Waals surface area (Å²) < 4.78 is 0. The molecular formula is C42H56N14O7. The molecule has 1 aliphatic heterocycles. The van der Waals surface area contributed by atoms with Gasteiger partial charge in [-0.25, -0.2) is 4.98 Å². The summed E-state index contributed by atoms with van der Waals surface area (Å²) in [6.45, 7) is 0.259. The first-order chi connectivity index (χ1) is 30.3. The zero-order chi connectivity index (χ0) is 45.3. The number of rotatable bonds is 11. The Morgan fingerprint density at radius 3 is 2.05 bits per heavy atom. The molecule has 336 valence electrons. The highest BCUT2D eigenvalue weighted by Gasteiger charge is 2.34.